The van der Waals surface area contributed by atoms with Gasteiger partial charge in [-0.05, 0) is 32.7 Å². The molecule has 0 aliphatic heterocycles. The molecule has 1 saturated carbocycles. The van der Waals surface area contributed by atoms with Gasteiger partial charge >= 0.3 is 0 Å². The summed E-state index contributed by atoms with van der Waals surface area (Å²) in [5.74, 6) is 0. The van der Waals surface area contributed by atoms with Crippen molar-refractivity contribution in [3.63, 3.8) is 0 Å². The van der Waals surface area contributed by atoms with E-state index in [2.05, 4.69) is 23.2 Å². The topological polar surface area (TPSA) is 38.0 Å². The highest BCUT2D eigenvalue weighted by Gasteiger charge is 2.15. The summed E-state index contributed by atoms with van der Waals surface area (Å²) in [7, 11) is 8.08. The zero-order valence-corrected chi connectivity index (χ0v) is 11.0. The van der Waals surface area contributed by atoms with E-state index in [1.54, 1.807) is 0 Å². The average molecular weight is 226 g/mol. The second kappa shape index (κ2) is 8.79. The fourth-order valence-electron chi connectivity index (χ4n) is 1.41. The van der Waals surface area contributed by atoms with Crippen molar-refractivity contribution in [1.82, 2.24) is 5.32 Å². The number of hydrogen-bond donors (Lipinski definition) is 2. The molecule has 1 aliphatic carbocycles. The Morgan fingerprint density at radius 2 is 1.67 bits per heavy atom. The Morgan fingerprint density at radius 3 is 2.00 bits per heavy atom. The van der Waals surface area contributed by atoms with Gasteiger partial charge in [-0.1, -0.05) is 7.96 Å². The molecule has 0 aromatic heterocycles. The van der Waals surface area contributed by atoms with Crippen molar-refractivity contribution < 1.29 is 0 Å². The van der Waals surface area contributed by atoms with Gasteiger partial charge < -0.3 is 11.1 Å². The van der Waals surface area contributed by atoms with Crippen LogP contribution in [0.4, 0.5) is 0 Å². The molecule has 0 saturated heterocycles. The van der Waals surface area contributed by atoms with E-state index in [1.807, 2.05) is 7.05 Å². The van der Waals surface area contributed by atoms with Gasteiger partial charge in [-0.3, -0.25) is 0 Å². The Balaban J connectivity index is 0.000000354. The van der Waals surface area contributed by atoms with E-state index in [9.17, 15) is 0 Å². The van der Waals surface area contributed by atoms with Crippen LogP contribution in [0.2, 0.25) is 0 Å². The van der Waals surface area contributed by atoms with E-state index >= 15 is 0 Å². The van der Waals surface area contributed by atoms with Gasteiger partial charge in [-0.2, -0.15) is 0 Å². The van der Waals surface area contributed by atoms with Gasteiger partial charge in [0.15, 0.2) is 0 Å². The first kappa shape index (κ1) is 13.2. The molecule has 2 unspecified atom stereocenters. The number of rotatable bonds is 1. The molecule has 3 N–H and O–H groups in total. The molecule has 12 heavy (non-hydrogen) atoms. The molecule has 0 spiro atoms. The van der Waals surface area contributed by atoms with Gasteiger partial charge in [0.2, 0.25) is 0 Å². The summed E-state index contributed by atoms with van der Waals surface area (Å²) in [5, 5.41) is 3.27. The highest BCUT2D eigenvalue weighted by molar-refractivity contribution is 8.33. The van der Waals surface area contributed by atoms with E-state index in [4.69, 9.17) is 5.73 Å². The molecule has 0 amide bonds. The van der Waals surface area contributed by atoms with Crippen molar-refractivity contribution in [3.8, 4) is 0 Å². The van der Waals surface area contributed by atoms with Crippen molar-refractivity contribution >= 4 is 25.8 Å². The molecule has 0 aromatic rings. The second-order valence-corrected chi connectivity index (χ2v) is 7.40. The molecular formula is C7H21N2P3. The maximum Gasteiger partial charge on any atom is 0.00652 e. The van der Waals surface area contributed by atoms with Gasteiger partial charge in [0.1, 0.15) is 0 Å². The molecule has 0 heterocycles. The normalized spacial score (nSPS) is 29.0. The van der Waals surface area contributed by atoms with Crippen molar-refractivity contribution in [2.75, 3.05) is 7.05 Å². The third-order valence-electron chi connectivity index (χ3n) is 2.18. The standard InChI is InChI=1S/C7H16N2.H5P3/c1-9-7-4-2-6(8)3-5-7;1-3-2/h6-7,9H,2-5,8H2,1H3;3H,1-2H2. The van der Waals surface area contributed by atoms with Gasteiger partial charge in [0, 0.05) is 12.1 Å². The van der Waals surface area contributed by atoms with Gasteiger partial charge in [0.25, 0.3) is 0 Å². The summed E-state index contributed by atoms with van der Waals surface area (Å²) in [5.41, 5.74) is 5.72. The lowest BCUT2D eigenvalue weighted by Gasteiger charge is -2.25. The third-order valence-corrected chi connectivity index (χ3v) is 2.18. The lowest BCUT2D eigenvalue weighted by Crippen LogP contribution is -2.35. The molecule has 2 nitrogen and oxygen atoms in total. The van der Waals surface area contributed by atoms with Crippen molar-refractivity contribution in [3.05, 3.63) is 0 Å². The first-order valence-electron chi connectivity index (χ1n) is 4.33. The van der Waals surface area contributed by atoms with E-state index < -0.39 is 0 Å². The predicted molar refractivity (Wildman–Crippen MR) is 67.0 cm³/mol. The molecule has 0 aromatic carbocycles. The van der Waals surface area contributed by atoms with Crippen LogP contribution in [-0.4, -0.2) is 19.1 Å². The Kier molecular flexibility index (Phi) is 9.68. The van der Waals surface area contributed by atoms with Crippen LogP contribution in [0.5, 0.6) is 0 Å². The molecule has 0 bridgehead atoms. The van der Waals surface area contributed by atoms with Crippen LogP contribution in [0.3, 0.4) is 0 Å². The molecule has 1 rings (SSSR count). The average Bonchev–Trinajstić information content (AvgIpc) is 2.07. The van der Waals surface area contributed by atoms with Crippen LogP contribution in [-0.2, 0) is 0 Å². The molecule has 5 heteroatoms. The van der Waals surface area contributed by atoms with Crippen LogP contribution in [0, 0.1) is 0 Å². The Labute approximate surface area is 82.2 Å². The lowest BCUT2D eigenvalue weighted by atomic mass is 9.92. The van der Waals surface area contributed by atoms with E-state index in [-0.39, 0.29) is 0 Å². The lowest BCUT2D eigenvalue weighted by molar-refractivity contribution is 0.358. The maximum atomic E-state index is 5.72. The van der Waals surface area contributed by atoms with Crippen LogP contribution >= 0.6 is 25.8 Å². The molecule has 74 valence electrons. The number of nitrogens with two attached hydrogens (primary N) is 1. The van der Waals surface area contributed by atoms with Gasteiger partial charge in [-0.25, -0.2) is 0 Å². The summed E-state index contributed by atoms with van der Waals surface area (Å²) in [6.45, 7) is 0. The first-order chi connectivity index (χ1) is 5.74. The minimum Gasteiger partial charge on any atom is -0.328 e. The second-order valence-electron chi connectivity index (χ2n) is 3.07. The van der Waals surface area contributed by atoms with Crippen molar-refractivity contribution in [1.29, 1.82) is 0 Å². The van der Waals surface area contributed by atoms with E-state index in [0.29, 0.717) is 6.04 Å². The van der Waals surface area contributed by atoms with Crippen molar-refractivity contribution in [2.45, 2.75) is 37.8 Å². The maximum absolute atomic E-state index is 5.72. The monoisotopic (exact) mass is 226 g/mol. The Bertz CT molecular complexity index is 94.7. The zero-order chi connectivity index (χ0) is 9.40. The fourth-order valence-corrected chi connectivity index (χ4v) is 1.41. The smallest absolute Gasteiger partial charge is 0.00652 e. The number of hydrogen-bond acceptors (Lipinski definition) is 2. The van der Waals surface area contributed by atoms with Crippen LogP contribution < -0.4 is 11.1 Å². The van der Waals surface area contributed by atoms with Crippen LogP contribution in [0.25, 0.3) is 0 Å². The van der Waals surface area contributed by atoms with Crippen molar-refractivity contribution in [2.24, 2.45) is 5.73 Å². The molecule has 2 atom stereocenters. The van der Waals surface area contributed by atoms with E-state index in [1.165, 1.54) is 25.7 Å². The SMILES string of the molecule is CNC1CCC(N)CC1.PPP. The summed E-state index contributed by atoms with van der Waals surface area (Å²) in [6, 6.07) is 1.22. The quantitative estimate of drug-likeness (QED) is 0.668. The molecule has 1 fully saturated rings. The minimum atomic E-state index is 0.481. The summed E-state index contributed by atoms with van der Waals surface area (Å²) in [4.78, 5) is 0. The Hall–Kier alpha value is 1.21. The largest absolute Gasteiger partial charge is 0.328 e. The fraction of sp³-hybridized carbons (Fsp3) is 1.00. The van der Waals surface area contributed by atoms with E-state index in [0.717, 1.165) is 14.0 Å². The highest BCUT2D eigenvalue weighted by Crippen LogP contribution is 2.28. The summed E-state index contributed by atoms with van der Waals surface area (Å²) >= 11 is 0. The van der Waals surface area contributed by atoms with Gasteiger partial charge in [0.05, 0.1) is 0 Å². The third kappa shape index (κ3) is 6.70. The first-order valence-corrected chi connectivity index (χ1v) is 8.95. The molecule has 0 radical (unpaired) electrons. The van der Waals surface area contributed by atoms with Gasteiger partial charge in [-0.15, -0.1) is 17.9 Å². The predicted octanol–water partition coefficient (Wildman–Crippen LogP) is 1.72. The zero-order valence-electron chi connectivity index (χ0n) is 7.72. The molecular weight excluding hydrogens is 205 g/mol. The molecule has 1 aliphatic rings. The minimum absolute atomic E-state index is 0.481. The Morgan fingerprint density at radius 1 is 1.25 bits per heavy atom. The number of nitrogens with one attached hydrogen (secondary N) is 1. The van der Waals surface area contributed by atoms with Crippen LogP contribution in [0.15, 0.2) is 0 Å². The summed E-state index contributed by atoms with van der Waals surface area (Å²) < 4.78 is 0. The summed E-state index contributed by atoms with van der Waals surface area (Å²) in [6.07, 6.45) is 4.92. The highest BCUT2D eigenvalue weighted by atomic mass is 32.4. The van der Waals surface area contributed by atoms with Crippen LogP contribution in [0.1, 0.15) is 25.7 Å².